The van der Waals surface area contributed by atoms with Gasteiger partial charge in [-0.3, -0.25) is 0 Å². The second kappa shape index (κ2) is 8.24. The molecule has 1 fully saturated rings. The zero-order valence-corrected chi connectivity index (χ0v) is 18.1. The Labute approximate surface area is 180 Å². The van der Waals surface area contributed by atoms with Crippen molar-refractivity contribution >= 4 is 22.6 Å². The van der Waals surface area contributed by atoms with Gasteiger partial charge in [0.05, 0.1) is 24.0 Å². The van der Waals surface area contributed by atoms with Crippen molar-refractivity contribution in [2.45, 2.75) is 32.4 Å². The van der Waals surface area contributed by atoms with E-state index in [1.165, 1.54) is 0 Å². The Hall–Kier alpha value is -3.04. The Kier molecular flexibility index (Phi) is 5.29. The Morgan fingerprint density at radius 2 is 2.00 bits per heavy atom. The van der Waals surface area contributed by atoms with Gasteiger partial charge in [0.1, 0.15) is 11.3 Å². The maximum Gasteiger partial charge on any atom is 0.241 e. The third kappa shape index (κ3) is 3.75. The molecule has 9 heteroatoms. The number of anilines is 1. The first-order chi connectivity index (χ1) is 15.2. The van der Waals surface area contributed by atoms with Crippen LogP contribution in [0.5, 0.6) is 0 Å². The topological polar surface area (TPSA) is 91.4 Å². The van der Waals surface area contributed by atoms with Crippen molar-refractivity contribution in [3.05, 3.63) is 36.4 Å². The van der Waals surface area contributed by atoms with Crippen LogP contribution in [0, 0.1) is 12.8 Å². The first-order valence-corrected chi connectivity index (χ1v) is 10.6. The molecule has 162 valence electrons. The summed E-state index contributed by atoms with van der Waals surface area (Å²) in [4.78, 5) is 14.1. The third-order valence-corrected chi connectivity index (χ3v) is 5.97. The highest BCUT2D eigenvalue weighted by atomic mass is 16.5. The molecule has 0 spiro atoms. The summed E-state index contributed by atoms with van der Waals surface area (Å²) in [5, 5.41) is 8.06. The first-order valence-electron chi connectivity index (χ1n) is 10.6. The SMILES string of the molecule is COCCn1c(C)nc2ccc(-c3ccn4nc(N[C@H]5C[C@H](COC)C5)ncc34)nc21. The number of pyridine rings is 1. The molecule has 0 aliphatic heterocycles. The molecule has 0 saturated heterocycles. The van der Waals surface area contributed by atoms with E-state index < -0.39 is 0 Å². The predicted octanol–water partition coefficient (Wildman–Crippen LogP) is 2.93. The van der Waals surface area contributed by atoms with Crippen molar-refractivity contribution in [3.63, 3.8) is 0 Å². The van der Waals surface area contributed by atoms with Crippen molar-refractivity contribution in [1.82, 2.24) is 29.1 Å². The fourth-order valence-electron chi connectivity index (χ4n) is 4.31. The Balaban J connectivity index is 1.41. The van der Waals surface area contributed by atoms with Crippen LogP contribution >= 0.6 is 0 Å². The van der Waals surface area contributed by atoms with E-state index in [0.29, 0.717) is 24.5 Å². The molecule has 4 aromatic rings. The molecule has 1 aliphatic rings. The number of imidazole rings is 1. The largest absolute Gasteiger partial charge is 0.384 e. The van der Waals surface area contributed by atoms with Crippen LogP contribution in [0.15, 0.2) is 30.6 Å². The quantitative estimate of drug-likeness (QED) is 0.468. The molecule has 9 nitrogen and oxygen atoms in total. The molecule has 0 unspecified atom stereocenters. The van der Waals surface area contributed by atoms with Gasteiger partial charge in [0.15, 0.2) is 5.65 Å². The Morgan fingerprint density at radius 3 is 2.81 bits per heavy atom. The van der Waals surface area contributed by atoms with Crippen LogP contribution in [0.25, 0.3) is 27.9 Å². The van der Waals surface area contributed by atoms with Crippen LogP contribution in [-0.2, 0) is 16.0 Å². The number of rotatable bonds is 8. The van der Waals surface area contributed by atoms with Crippen molar-refractivity contribution < 1.29 is 9.47 Å². The zero-order chi connectivity index (χ0) is 21.4. The molecule has 0 aromatic carbocycles. The molecule has 0 atom stereocenters. The Morgan fingerprint density at radius 1 is 1.13 bits per heavy atom. The molecule has 0 radical (unpaired) electrons. The molecular formula is C22H27N7O2. The average molecular weight is 422 g/mol. The van der Waals surface area contributed by atoms with Gasteiger partial charge >= 0.3 is 0 Å². The standard InChI is InChI=1S/C22H27N7O2/c1-14-24-19-5-4-18(26-21(19)28(14)8-9-30-2)17-6-7-29-20(17)12-23-22(27-29)25-16-10-15(11-16)13-31-3/h4-7,12,15-16H,8-11,13H2,1-3H3,(H,25,27)/t15-,16-. The van der Waals surface area contributed by atoms with Crippen molar-refractivity contribution in [1.29, 1.82) is 0 Å². The molecule has 4 aromatic heterocycles. The maximum atomic E-state index is 5.24. The number of nitrogens with zero attached hydrogens (tertiary/aromatic N) is 6. The van der Waals surface area contributed by atoms with Crippen LogP contribution in [0.4, 0.5) is 5.95 Å². The van der Waals surface area contributed by atoms with Crippen molar-refractivity contribution in [2.75, 3.05) is 32.8 Å². The number of aromatic nitrogens is 6. The van der Waals surface area contributed by atoms with E-state index >= 15 is 0 Å². The molecule has 1 saturated carbocycles. The summed E-state index contributed by atoms with van der Waals surface area (Å²) < 4.78 is 14.4. The maximum absolute atomic E-state index is 5.24. The molecule has 31 heavy (non-hydrogen) atoms. The van der Waals surface area contributed by atoms with Gasteiger partial charge in [-0.05, 0) is 43.9 Å². The van der Waals surface area contributed by atoms with Gasteiger partial charge in [-0.15, -0.1) is 5.10 Å². The number of nitrogens with one attached hydrogen (secondary N) is 1. The van der Waals surface area contributed by atoms with Crippen LogP contribution < -0.4 is 5.32 Å². The second-order valence-electron chi connectivity index (χ2n) is 8.12. The number of ether oxygens (including phenoxy) is 2. The zero-order valence-electron chi connectivity index (χ0n) is 18.1. The summed E-state index contributed by atoms with van der Waals surface area (Å²) in [6, 6.07) is 6.46. The monoisotopic (exact) mass is 421 g/mol. The minimum absolute atomic E-state index is 0.410. The van der Waals surface area contributed by atoms with Crippen LogP contribution in [0.1, 0.15) is 18.7 Å². The molecule has 5 rings (SSSR count). The lowest BCUT2D eigenvalue weighted by atomic mass is 9.81. The summed E-state index contributed by atoms with van der Waals surface area (Å²) >= 11 is 0. The average Bonchev–Trinajstić information content (AvgIpc) is 3.30. The van der Waals surface area contributed by atoms with Crippen LogP contribution in [0.2, 0.25) is 0 Å². The highest BCUT2D eigenvalue weighted by Crippen LogP contribution is 2.30. The van der Waals surface area contributed by atoms with Crippen LogP contribution in [0.3, 0.4) is 0 Å². The van der Waals surface area contributed by atoms with E-state index in [-0.39, 0.29) is 0 Å². The van der Waals surface area contributed by atoms with Crippen molar-refractivity contribution in [3.8, 4) is 11.3 Å². The Bertz CT molecular complexity index is 1210. The van der Waals surface area contributed by atoms with Gasteiger partial charge in [0.2, 0.25) is 5.95 Å². The smallest absolute Gasteiger partial charge is 0.241 e. The highest BCUT2D eigenvalue weighted by molar-refractivity contribution is 5.82. The summed E-state index contributed by atoms with van der Waals surface area (Å²) in [7, 11) is 3.45. The van der Waals surface area contributed by atoms with Gasteiger partial charge in [-0.2, -0.15) is 0 Å². The minimum Gasteiger partial charge on any atom is -0.384 e. The van der Waals surface area contributed by atoms with Gasteiger partial charge in [-0.25, -0.2) is 19.5 Å². The molecule has 4 heterocycles. The highest BCUT2D eigenvalue weighted by Gasteiger charge is 2.29. The fraction of sp³-hybridized carbons (Fsp3) is 0.455. The third-order valence-electron chi connectivity index (χ3n) is 5.97. The molecule has 0 amide bonds. The number of methoxy groups -OCH3 is 2. The normalized spacial score (nSPS) is 18.5. The van der Waals surface area contributed by atoms with E-state index in [2.05, 4.69) is 25.0 Å². The van der Waals surface area contributed by atoms with Gasteiger partial charge in [0.25, 0.3) is 0 Å². The van der Waals surface area contributed by atoms with E-state index in [4.69, 9.17) is 14.5 Å². The van der Waals surface area contributed by atoms with E-state index in [1.54, 1.807) is 14.2 Å². The fourth-order valence-corrected chi connectivity index (χ4v) is 4.31. The number of hydrogen-bond donors (Lipinski definition) is 1. The molecule has 1 N–H and O–H groups in total. The van der Waals surface area contributed by atoms with E-state index in [1.807, 2.05) is 42.0 Å². The summed E-state index contributed by atoms with van der Waals surface area (Å²) in [5.74, 6) is 2.21. The summed E-state index contributed by atoms with van der Waals surface area (Å²) in [6.45, 7) is 4.15. The van der Waals surface area contributed by atoms with Gasteiger partial charge in [-0.1, -0.05) is 0 Å². The molecule has 1 aliphatic carbocycles. The minimum atomic E-state index is 0.410. The predicted molar refractivity (Wildman–Crippen MR) is 118 cm³/mol. The van der Waals surface area contributed by atoms with Crippen molar-refractivity contribution in [2.24, 2.45) is 5.92 Å². The summed E-state index contributed by atoms with van der Waals surface area (Å²) in [6.07, 6.45) is 5.99. The second-order valence-corrected chi connectivity index (χ2v) is 8.12. The van der Waals surface area contributed by atoms with Crippen LogP contribution in [-0.4, -0.2) is 62.6 Å². The number of hydrogen-bond acceptors (Lipinski definition) is 7. The number of fused-ring (bicyclic) bond motifs is 2. The van der Waals surface area contributed by atoms with Gasteiger partial charge < -0.3 is 19.4 Å². The lowest BCUT2D eigenvalue weighted by molar-refractivity contribution is 0.104. The summed E-state index contributed by atoms with van der Waals surface area (Å²) in [5.41, 5.74) is 4.54. The number of aryl methyl sites for hydroxylation is 1. The van der Waals surface area contributed by atoms with E-state index in [0.717, 1.165) is 59.8 Å². The first kappa shape index (κ1) is 19.9. The van der Waals surface area contributed by atoms with Gasteiger partial charge in [0, 0.05) is 45.2 Å². The molecule has 0 bridgehead atoms. The van der Waals surface area contributed by atoms with E-state index in [9.17, 15) is 0 Å². The molecular weight excluding hydrogens is 394 g/mol. The lowest BCUT2D eigenvalue weighted by Gasteiger charge is -2.35. The lowest BCUT2D eigenvalue weighted by Crippen LogP contribution is -2.38.